The van der Waals surface area contributed by atoms with Crippen LogP contribution in [0, 0.1) is 0 Å². The second kappa shape index (κ2) is 3.67. The van der Waals surface area contributed by atoms with E-state index in [1.54, 1.807) is 7.11 Å². The lowest BCUT2D eigenvalue weighted by Crippen LogP contribution is -2.24. The van der Waals surface area contributed by atoms with E-state index in [4.69, 9.17) is 4.74 Å². The molecule has 1 atom stereocenters. The molecule has 2 heteroatoms. The molecular weight excluding hydrogens is 240 g/mol. The fourth-order valence-corrected chi connectivity index (χ4v) is 2.49. The van der Waals surface area contributed by atoms with Crippen LogP contribution in [0.5, 0.6) is 0 Å². The Bertz CT molecular complexity index is 331. The number of hydrogen-bond acceptors (Lipinski definition) is 1. The number of methoxy groups -OCH3 is 1. The molecule has 0 amide bonds. The maximum absolute atomic E-state index is 5.46. The zero-order valence-electron chi connectivity index (χ0n) is 8.59. The van der Waals surface area contributed by atoms with Gasteiger partial charge in [-0.25, -0.2) is 0 Å². The van der Waals surface area contributed by atoms with Gasteiger partial charge in [-0.05, 0) is 37.5 Å². The van der Waals surface area contributed by atoms with Gasteiger partial charge >= 0.3 is 0 Å². The van der Waals surface area contributed by atoms with Gasteiger partial charge in [0.15, 0.2) is 0 Å². The lowest BCUT2D eigenvalue weighted by atomic mass is 9.91. The molecule has 0 radical (unpaired) electrons. The van der Waals surface area contributed by atoms with Crippen LogP contribution in [0.3, 0.4) is 0 Å². The third-order valence-electron chi connectivity index (χ3n) is 3.32. The molecule has 2 rings (SSSR count). The van der Waals surface area contributed by atoms with E-state index in [9.17, 15) is 0 Å². The van der Waals surface area contributed by atoms with Crippen molar-refractivity contribution in [3.05, 3.63) is 34.3 Å². The Hall–Kier alpha value is -0.340. The summed E-state index contributed by atoms with van der Waals surface area (Å²) < 4.78 is 6.61. The second-order valence-electron chi connectivity index (χ2n) is 4.04. The first-order valence-electron chi connectivity index (χ1n) is 4.98. The number of ether oxygens (including phenoxy) is 1. The molecule has 1 aliphatic carbocycles. The standard InChI is InChI=1S/C12H15BrO/c1-9(14-2)12(6-7-12)10-4-3-5-11(13)8-10/h3-5,8-9H,6-7H2,1-2H3. The van der Waals surface area contributed by atoms with Gasteiger partial charge < -0.3 is 4.74 Å². The van der Waals surface area contributed by atoms with E-state index in [0.717, 1.165) is 4.47 Å². The number of hydrogen-bond donors (Lipinski definition) is 0. The predicted octanol–water partition coefficient (Wildman–Crippen LogP) is 3.52. The SMILES string of the molecule is COC(C)C1(c2cccc(Br)c2)CC1. The molecule has 0 spiro atoms. The average Bonchev–Trinajstić information content (AvgIpc) is 2.97. The summed E-state index contributed by atoms with van der Waals surface area (Å²) in [4.78, 5) is 0. The van der Waals surface area contributed by atoms with Crippen molar-refractivity contribution in [3.8, 4) is 0 Å². The van der Waals surface area contributed by atoms with Crippen LogP contribution < -0.4 is 0 Å². The first-order valence-corrected chi connectivity index (χ1v) is 5.77. The minimum absolute atomic E-state index is 0.290. The van der Waals surface area contributed by atoms with Gasteiger partial charge in [-0.1, -0.05) is 28.1 Å². The summed E-state index contributed by atoms with van der Waals surface area (Å²) in [5, 5.41) is 0. The Balaban J connectivity index is 2.30. The number of benzene rings is 1. The van der Waals surface area contributed by atoms with Gasteiger partial charge in [0.05, 0.1) is 6.10 Å². The molecule has 0 saturated heterocycles. The fraction of sp³-hybridized carbons (Fsp3) is 0.500. The molecule has 0 aliphatic heterocycles. The van der Waals surface area contributed by atoms with Crippen molar-refractivity contribution in [2.24, 2.45) is 0 Å². The Morgan fingerprint density at radius 1 is 1.43 bits per heavy atom. The quantitative estimate of drug-likeness (QED) is 0.803. The minimum Gasteiger partial charge on any atom is -0.381 e. The molecule has 0 heterocycles. The van der Waals surface area contributed by atoms with Crippen LogP contribution in [0.4, 0.5) is 0 Å². The highest BCUT2D eigenvalue weighted by Gasteiger charge is 2.49. The molecule has 1 aromatic rings. The molecule has 1 nitrogen and oxygen atoms in total. The molecule has 1 saturated carbocycles. The maximum Gasteiger partial charge on any atom is 0.0639 e. The molecule has 1 aromatic carbocycles. The fourth-order valence-electron chi connectivity index (χ4n) is 2.09. The molecule has 1 unspecified atom stereocenters. The van der Waals surface area contributed by atoms with Crippen molar-refractivity contribution >= 4 is 15.9 Å². The van der Waals surface area contributed by atoms with Crippen LogP contribution in [0.15, 0.2) is 28.7 Å². The van der Waals surface area contributed by atoms with Crippen LogP contribution in [-0.2, 0) is 10.2 Å². The highest BCUT2D eigenvalue weighted by Crippen LogP contribution is 2.52. The van der Waals surface area contributed by atoms with Gasteiger partial charge in [-0.15, -0.1) is 0 Å². The van der Waals surface area contributed by atoms with Crippen molar-refractivity contribution in [1.29, 1.82) is 0 Å². The van der Waals surface area contributed by atoms with Crippen LogP contribution in [0.25, 0.3) is 0 Å². The monoisotopic (exact) mass is 254 g/mol. The highest BCUT2D eigenvalue weighted by molar-refractivity contribution is 9.10. The summed E-state index contributed by atoms with van der Waals surface area (Å²) in [6, 6.07) is 8.58. The van der Waals surface area contributed by atoms with E-state index < -0.39 is 0 Å². The normalized spacial score (nSPS) is 20.5. The third kappa shape index (κ3) is 1.61. The zero-order chi connectivity index (χ0) is 10.2. The molecule has 1 fully saturated rings. The summed E-state index contributed by atoms with van der Waals surface area (Å²) in [7, 11) is 1.79. The van der Waals surface area contributed by atoms with Gasteiger partial charge in [0.25, 0.3) is 0 Å². The van der Waals surface area contributed by atoms with E-state index in [1.807, 2.05) is 0 Å². The largest absolute Gasteiger partial charge is 0.381 e. The van der Waals surface area contributed by atoms with E-state index in [0.29, 0.717) is 11.5 Å². The topological polar surface area (TPSA) is 9.23 Å². The molecular formula is C12H15BrO. The zero-order valence-corrected chi connectivity index (χ0v) is 10.2. The smallest absolute Gasteiger partial charge is 0.0639 e. The number of halogens is 1. The van der Waals surface area contributed by atoms with Crippen LogP contribution in [0.2, 0.25) is 0 Å². The lowest BCUT2D eigenvalue weighted by molar-refractivity contribution is 0.0850. The van der Waals surface area contributed by atoms with Gasteiger partial charge in [0.2, 0.25) is 0 Å². The first-order chi connectivity index (χ1) is 6.69. The Kier molecular flexibility index (Phi) is 2.67. The van der Waals surface area contributed by atoms with Crippen molar-refractivity contribution in [2.45, 2.75) is 31.3 Å². The van der Waals surface area contributed by atoms with Crippen LogP contribution in [-0.4, -0.2) is 13.2 Å². The van der Waals surface area contributed by atoms with Gasteiger partial charge in [0, 0.05) is 17.0 Å². The second-order valence-corrected chi connectivity index (χ2v) is 4.96. The van der Waals surface area contributed by atoms with Crippen LogP contribution in [0.1, 0.15) is 25.3 Å². The van der Waals surface area contributed by atoms with Crippen molar-refractivity contribution in [2.75, 3.05) is 7.11 Å². The van der Waals surface area contributed by atoms with Crippen molar-refractivity contribution in [1.82, 2.24) is 0 Å². The lowest BCUT2D eigenvalue weighted by Gasteiger charge is -2.22. The summed E-state index contributed by atoms with van der Waals surface area (Å²) in [5.74, 6) is 0. The van der Waals surface area contributed by atoms with Gasteiger partial charge in [-0.3, -0.25) is 0 Å². The van der Waals surface area contributed by atoms with E-state index >= 15 is 0 Å². The molecule has 0 bridgehead atoms. The van der Waals surface area contributed by atoms with Crippen molar-refractivity contribution in [3.63, 3.8) is 0 Å². The van der Waals surface area contributed by atoms with E-state index in [2.05, 4.69) is 47.1 Å². The summed E-state index contributed by atoms with van der Waals surface area (Å²) >= 11 is 3.51. The van der Waals surface area contributed by atoms with Gasteiger partial charge in [0.1, 0.15) is 0 Å². The highest BCUT2D eigenvalue weighted by atomic mass is 79.9. The summed E-state index contributed by atoms with van der Waals surface area (Å²) in [6.07, 6.45) is 2.81. The number of rotatable bonds is 3. The molecule has 1 aliphatic rings. The van der Waals surface area contributed by atoms with E-state index in [1.165, 1.54) is 18.4 Å². The summed E-state index contributed by atoms with van der Waals surface area (Å²) in [6.45, 7) is 2.16. The van der Waals surface area contributed by atoms with E-state index in [-0.39, 0.29) is 0 Å². The Labute approximate surface area is 93.6 Å². The van der Waals surface area contributed by atoms with Crippen LogP contribution >= 0.6 is 15.9 Å². The molecule has 76 valence electrons. The average molecular weight is 255 g/mol. The molecule has 14 heavy (non-hydrogen) atoms. The Morgan fingerprint density at radius 3 is 2.64 bits per heavy atom. The Morgan fingerprint density at radius 2 is 2.14 bits per heavy atom. The first kappa shape index (κ1) is 10.2. The molecule has 0 aromatic heterocycles. The molecule has 0 N–H and O–H groups in total. The predicted molar refractivity (Wildman–Crippen MR) is 61.5 cm³/mol. The summed E-state index contributed by atoms with van der Waals surface area (Å²) in [5.41, 5.74) is 1.69. The minimum atomic E-state index is 0.290. The van der Waals surface area contributed by atoms with Crippen molar-refractivity contribution < 1.29 is 4.74 Å². The maximum atomic E-state index is 5.46. The third-order valence-corrected chi connectivity index (χ3v) is 3.81. The van der Waals surface area contributed by atoms with Gasteiger partial charge in [-0.2, -0.15) is 0 Å².